The molecule has 0 aliphatic rings. The van der Waals surface area contributed by atoms with Gasteiger partial charge in [0.05, 0.1) is 5.02 Å². The lowest BCUT2D eigenvalue weighted by Gasteiger charge is -2.09. The maximum Gasteiger partial charge on any atom is 0.263 e. The van der Waals surface area contributed by atoms with Gasteiger partial charge >= 0.3 is 0 Å². The number of ether oxygens (including phenoxy) is 2. The molecule has 1 aromatic carbocycles. The van der Waals surface area contributed by atoms with Crippen LogP contribution in [0.4, 0.5) is 5.82 Å². The molecular formula is C18H14ClN3O3. The van der Waals surface area contributed by atoms with Crippen molar-refractivity contribution in [3.05, 3.63) is 72.0 Å². The van der Waals surface area contributed by atoms with E-state index in [2.05, 4.69) is 15.3 Å². The second-order valence-electron chi connectivity index (χ2n) is 4.94. The summed E-state index contributed by atoms with van der Waals surface area (Å²) in [5.74, 6) is 1.63. The first kappa shape index (κ1) is 16.7. The summed E-state index contributed by atoms with van der Waals surface area (Å²) in [7, 11) is 0. The van der Waals surface area contributed by atoms with E-state index in [4.69, 9.17) is 21.1 Å². The third-order valence-corrected chi connectivity index (χ3v) is 3.25. The molecule has 0 saturated carbocycles. The van der Waals surface area contributed by atoms with E-state index in [1.54, 1.807) is 54.7 Å². The van der Waals surface area contributed by atoms with Crippen LogP contribution in [-0.4, -0.2) is 22.5 Å². The number of benzene rings is 1. The van der Waals surface area contributed by atoms with Gasteiger partial charge in [0.2, 0.25) is 5.88 Å². The van der Waals surface area contributed by atoms with Crippen molar-refractivity contribution in [3.63, 3.8) is 0 Å². The smallest absolute Gasteiger partial charge is 0.263 e. The second-order valence-corrected chi connectivity index (χ2v) is 5.38. The average Bonchev–Trinajstić information content (AvgIpc) is 2.63. The van der Waals surface area contributed by atoms with Gasteiger partial charge in [0.1, 0.15) is 17.3 Å². The summed E-state index contributed by atoms with van der Waals surface area (Å²) in [4.78, 5) is 20.0. The summed E-state index contributed by atoms with van der Waals surface area (Å²) in [5, 5.41) is 3.12. The number of aromatic nitrogens is 2. The highest BCUT2D eigenvalue weighted by Gasteiger charge is 2.06. The zero-order valence-electron chi connectivity index (χ0n) is 13.1. The second kappa shape index (κ2) is 8.12. The van der Waals surface area contributed by atoms with Crippen LogP contribution >= 0.6 is 11.6 Å². The van der Waals surface area contributed by atoms with Crippen molar-refractivity contribution in [2.45, 2.75) is 0 Å². The van der Waals surface area contributed by atoms with Crippen LogP contribution in [0.1, 0.15) is 0 Å². The van der Waals surface area contributed by atoms with Crippen molar-refractivity contribution in [3.8, 4) is 17.4 Å². The fourth-order valence-corrected chi connectivity index (χ4v) is 2.05. The molecule has 0 atom stereocenters. The van der Waals surface area contributed by atoms with Crippen LogP contribution in [0.3, 0.4) is 0 Å². The van der Waals surface area contributed by atoms with Gasteiger partial charge < -0.3 is 14.8 Å². The topological polar surface area (TPSA) is 73.3 Å². The Morgan fingerprint density at radius 1 is 1.04 bits per heavy atom. The number of nitrogens with one attached hydrogen (secondary N) is 1. The molecule has 2 heterocycles. The quantitative estimate of drug-likeness (QED) is 0.725. The summed E-state index contributed by atoms with van der Waals surface area (Å²) >= 11 is 5.75. The molecule has 0 spiro atoms. The Bertz CT molecular complexity index is 842. The molecule has 0 radical (unpaired) electrons. The van der Waals surface area contributed by atoms with Crippen LogP contribution in [0, 0.1) is 0 Å². The van der Waals surface area contributed by atoms with E-state index in [0.29, 0.717) is 28.2 Å². The maximum atomic E-state index is 11.9. The van der Waals surface area contributed by atoms with Gasteiger partial charge in [-0.2, -0.15) is 0 Å². The van der Waals surface area contributed by atoms with Crippen molar-refractivity contribution in [2.24, 2.45) is 0 Å². The standard InChI is InChI=1S/C18H14ClN3O3/c19-13-7-8-16(21-11-13)22-17(23)12-24-14-4-3-5-15(10-14)25-18-6-1-2-9-20-18/h1-11H,12H2,(H,21,22,23). The average molecular weight is 356 g/mol. The SMILES string of the molecule is O=C(COc1cccc(Oc2ccccn2)c1)Nc1ccc(Cl)cn1. The molecule has 0 fully saturated rings. The van der Waals surface area contributed by atoms with E-state index in [-0.39, 0.29) is 12.5 Å². The third kappa shape index (κ3) is 5.19. The number of hydrogen-bond donors (Lipinski definition) is 1. The maximum absolute atomic E-state index is 11.9. The number of rotatable bonds is 6. The molecule has 3 rings (SSSR count). The molecule has 1 amide bonds. The van der Waals surface area contributed by atoms with Crippen LogP contribution in [0.25, 0.3) is 0 Å². The number of halogens is 1. The van der Waals surface area contributed by atoms with E-state index in [0.717, 1.165) is 0 Å². The Balaban J connectivity index is 1.55. The lowest BCUT2D eigenvalue weighted by atomic mass is 10.3. The predicted octanol–water partition coefficient (Wildman–Crippen LogP) is 3.94. The highest BCUT2D eigenvalue weighted by molar-refractivity contribution is 6.30. The summed E-state index contributed by atoms with van der Waals surface area (Å²) in [6.45, 7) is -0.155. The van der Waals surface area contributed by atoms with Crippen LogP contribution in [0.5, 0.6) is 17.4 Å². The van der Waals surface area contributed by atoms with Gasteiger partial charge in [0, 0.05) is 24.5 Å². The number of amides is 1. The van der Waals surface area contributed by atoms with E-state index in [9.17, 15) is 4.79 Å². The van der Waals surface area contributed by atoms with Crippen LogP contribution in [0.2, 0.25) is 5.02 Å². The van der Waals surface area contributed by atoms with Crippen molar-refractivity contribution >= 4 is 23.3 Å². The minimum absolute atomic E-state index is 0.155. The Morgan fingerprint density at radius 3 is 2.68 bits per heavy atom. The number of carbonyl (C=O) groups is 1. The van der Waals surface area contributed by atoms with Gasteiger partial charge in [-0.3, -0.25) is 4.79 Å². The number of anilines is 1. The monoisotopic (exact) mass is 355 g/mol. The third-order valence-electron chi connectivity index (χ3n) is 3.03. The summed E-state index contributed by atoms with van der Waals surface area (Å²) in [6, 6.07) is 15.6. The van der Waals surface area contributed by atoms with Gasteiger partial charge in [-0.25, -0.2) is 9.97 Å². The van der Waals surface area contributed by atoms with Gasteiger partial charge in [-0.1, -0.05) is 23.7 Å². The first-order valence-corrected chi connectivity index (χ1v) is 7.80. The zero-order chi connectivity index (χ0) is 17.5. The fraction of sp³-hybridized carbons (Fsp3) is 0.0556. The number of hydrogen-bond acceptors (Lipinski definition) is 5. The molecule has 3 aromatic rings. The molecular weight excluding hydrogens is 342 g/mol. The van der Waals surface area contributed by atoms with Gasteiger partial charge in [0.15, 0.2) is 6.61 Å². The first-order valence-electron chi connectivity index (χ1n) is 7.42. The lowest BCUT2D eigenvalue weighted by molar-refractivity contribution is -0.118. The lowest BCUT2D eigenvalue weighted by Crippen LogP contribution is -2.20. The molecule has 0 unspecified atom stereocenters. The molecule has 0 bridgehead atoms. The van der Waals surface area contributed by atoms with Crippen LogP contribution in [-0.2, 0) is 4.79 Å². The minimum atomic E-state index is -0.328. The van der Waals surface area contributed by atoms with Crippen molar-refractivity contribution < 1.29 is 14.3 Å². The molecule has 6 nitrogen and oxygen atoms in total. The highest BCUT2D eigenvalue weighted by atomic mass is 35.5. The first-order chi connectivity index (χ1) is 12.2. The highest BCUT2D eigenvalue weighted by Crippen LogP contribution is 2.23. The van der Waals surface area contributed by atoms with E-state index < -0.39 is 0 Å². The summed E-state index contributed by atoms with van der Waals surface area (Å²) in [6.07, 6.45) is 3.10. The van der Waals surface area contributed by atoms with Gasteiger partial charge in [0.25, 0.3) is 5.91 Å². The normalized spacial score (nSPS) is 10.1. The Kier molecular flexibility index (Phi) is 5.43. The fourth-order valence-electron chi connectivity index (χ4n) is 1.93. The predicted molar refractivity (Wildman–Crippen MR) is 94.1 cm³/mol. The molecule has 25 heavy (non-hydrogen) atoms. The number of pyridine rings is 2. The minimum Gasteiger partial charge on any atom is -0.484 e. The van der Waals surface area contributed by atoms with E-state index in [1.807, 2.05) is 6.07 Å². The Labute approximate surface area is 149 Å². The van der Waals surface area contributed by atoms with Crippen LogP contribution < -0.4 is 14.8 Å². The zero-order valence-corrected chi connectivity index (χ0v) is 13.8. The molecule has 7 heteroatoms. The van der Waals surface area contributed by atoms with Crippen molar-refractivity contribution in [1.82, 2.24) is 9.97 Å². The van der Waals surface area contributed by atoms with Gasteiger partial charge in [-0.05, 0) is 30.3 Å². The van der Waals surface area contributed by atoms with Crippen molar-refractivity contribution in [2.75, 3.05) is 11.9 Å². The molecule has 0 aliphatic carbocycles. The van der Waals surface area contributed by atoms with E-state index >= 15 is 0 Å². The molecule has 0 saturated heterocycles. The Morgan fingerprint density at radius 2 is 1.92 bits per heavy atom. The molecule has 126 valence electrons. The van der Waals surface area contributed by atoms with E-state index in [1.165, 1.54) is 6.20 Å². The van der Waals surface area contributed by atoms with Crippen LogP contribution in [0.15, 0.2) is 67.0 Å². The largest absolute Gasteiger partial charge is 0.484 e. The molecule has 1 N–H and O–H groups in total. The summed E-state index contributed by atoms with van der Waals surface area (Å²) in [5.41, 5.74) is 0. The summed E-state index contributed by atoms with van der Waals surface area (Å²) < 4.78 is 11.1. The Hall–Kier alpha value is -3.12. The number of nitrogens with zero attached hydrogens (tertiary/aromatic N) is 2. The van der Waals surface area contributed by atoms with Crippen molar-refractivity contribution in [1.29, 1.82) is 0 Å². The van der Waals surface area contributed by atoms with Gasteiger partial charge in [-0.15, -0.1) is 0 Å². The molecule has 0 aliphatic heterocycles. The molecule has 2 aromatic heterocycles. The number of carbonyl (C=O) groups excluding carboxylic acids is 1.